The summed E-state index contributed by atoms with van der Waals surface area (Å²) in [5.41, 5.74) is 0.0127. The molecule has 0 heterocycles. The molecule has 1 N–H and O–H groups in total. The van der Waals surface area contributed by atoms with Crippen LogP contribution in [0.3, 0.4) is 0 Å². The predicted molar refractivity (Wildman–Crippen MR) is 47.4 cm³/mol. The van der Waals surface area contributed by atoms with Crippen LogP contribution in [0.1, 0.15) is 32.1 Å². The second-order valence-corrected chi connectivity index (χ2v) is 4.31. The fourth-order valence-corrected chi connectivity index (χ4v) is 2.59. The molecular formula is C10H16O3. The highest BCUT2D eigenvalue weighted by Gasteiger charge is 2.59. The topological polar surface area (TPSA) is 46.5 Å². The fraction of sp³-hybridized carbons (Fsp3) is 0.900. The third kappa shape index (κ3) is 1.26. The standard InChI is InChI=1S/C10H16O3/c1-13-8(9(11)12)10(5-6-10)7-3-2-4-7/h7-8H,2-6H2,1H3,(H,11,12). The summed E-state index contributed by atoms with van der Waals surface area (Å²) in [5.74, 6) is -0.166. The van der Waals surface area contributed by atoms with Crippen molar-refractivity contribution < 1.29 is 14.6 Å². The lowest BCUT2D eigenvalue weighted by Gasteiger charge is -2.36. The third-order valence-electron chi connectivity index (χ3n) is 3.73. The van der Waals surface area contributed by atoms with E-state index in [0.29, 0.717) is 5.92 Å². The van der Waals surface area contributed by atoms with E-state index >= 15 is 0 Å². The van der Waals surface area contributed by atoms with Crippen LogP contribution in [0, 0.1) is 11.3 Å². The quantitative estimate of drug-likeness (QED) is 0.722. The van der Waals surface area contributed by atoms with Crippen molar-refractivity contribution in [2.45, 2.75) is 38.2 Å². The predicted octanol–water partition coefficient (Wildman–Crippen LogP) is 1.67. The van der Waals surface area contributed by atoms with Crippen molar-refractivity contribution >= 4 is 5.97 Å². The summed E-state index contributed by atoms with van der Waals surface area (Å²) in [4.78, 5) is 10.9. The lowest BCUT2D eigenvalue weighted by Crippen LogP contribution is -2.40. The van der Waals surface area contributed by atoms with Crippen molar-refractivity contribution in [2.24, 2.45) is 11.3 Å². The average molecular weight is 184 g/mol. The SMILES string of the molecule is COC(C(=O)O)C1(C2CCC2)CC1. The van der Waals surface area contributed by atoms with E-state index in [9.17, 15) is 4.79 Å². The van der Waals surface area contributed by atoms with E-state index in [1.54, 1.807) is 0 Å². The average Bonchev–Trinajstić information content (AvgIpc) is 2.66. The van der Waals surface area contributed by atoms with Gasteiger partial charge in [0, 0.05) is 12.5 Å². The number of carbonyl (C=O) groups is 1. The van der Waals surface area contributed by atoms with Crippen molar-refractivity contribution in [3.05, 3.63) is 0 Å². The molecule has 0 amide bonds. The zero-order chi connectivity index (χ0) is 9.47. The highest BCUT2D eigenvalue weighted by Crippen LogP contribution is 2.61. The Kier molecular flexibility index (Phi) is 2.06. The van der Waals surface area contributed by atoms with Gasteiger partial charge in [0.2, 0.25) is 0 Å². The summed E-state index contributed by atoms with van der Waals surface area (Å²) in [6, 6.07) is 0. The van der Waals surface area contributed by atoms with E-state index in [0.717, 1.165) is 12.8 Å². The van der Waals surface area contributed by atoms with Crippen molar-refractivity contribution in [2.75, 3.05) is 7.11 Å². The second kappa shape index (κ2) is 2.98. The number of rotatable bonds is 4. The molecule has 0 aromatic carbocycles. The third-order valence-corrected chi connectivity index (χ3v) is 3.73. The minimum atomic E-state index is -0.785. The van der Waals surface area contributed by atoms with Gasteiger partial charge in [0.25, 0.3) is 0 Å². The van der Waals surface area contributed by atoms with Gasteiger partial charge < -0.3 is 9.84 Å². The van der Waals surface area contributed by atoms with Crippen LogP contribution in [-0.2, 0) is 9.53 Å². The van der Waals surface area contributed by atoms with Crippen LogP contribution in [0.2, 0.25) is 0 Å². The molecular weight excluding hydrogens is 168 g/mol. The Labute approximate surface area is 78.1 Å². The number of ether oxygens (including phenoxy) is 1. The fourth-order valence-electron chi connectivity index (χ4n) is 2.59. The van der Waals surface area contributed by atoms with Crippen LogP contribution in [0.4, 0.5) is 0 Å². The van der Waals surface area contributed by atoms with Crippen LogP contribution >= 0.6 is 0 Å². The van der Waals surface area contributed by atoms with Gasteiger partial charge in [0.05, 0.1) is 0 Å². The summed E-state index contributed by atoms with van der Waals surface area (Å²) in [7, 11) is 1.51. The molecule has 3 heteroatoms. The van der Waals surface area contributed by atoms with Crippen LogP contribution < -0.4 is 0 Å². The summed E-state index contributed by atoms with van der Waals surface area (Å²) >= 11 is 0. The molecule has 74 valence electrons. The Bertz CT molecular complexity index is 216. The molecule has 2 aliphatic rings. The maximum Gasteiger partial charge on any atom is 0.333 e. The molecule has 0 saturated heterocycles. The number of aliphatic carboxylic acids is 1. The van der Waals surface area contributed by atoms with E-state index in [2.05, 4.69) is 0 Å². The van der Waals surface area contributed by atoms with Crippen LogP contribution in [-0.4, -0.2) is 24.3 Å². The Morgan fingerprint density at radius 3 is 2.38 bits per heavy atom. The van der Waals surface area contributed by atoms with Gasteiger partial charge in [-0.2, -0.15) is 0 Å². The first-order valence-electron chi connectivity index (χ1n) is 4.96. The summed E-state index contributed by atoms with van der Waals surface area (Å²) < 4.78 is 5.10. The lowest BCUT2D eigenvalue weighted by atomic mass is 9.71. The van der Waals surface area contributed by atoms with Gasteiger partial charge in [-0.1, -0.05) is 6.42 Å². The number of carboxylic acid groups (broad SMARTS) is 1. The number of hydrogen-bond donors (Lipinski definition) is 1. The van der Waals surface area contributed by atoms with E-state index in [1.165, 1.54) is 26.4 Å². The van der Waals surface area contributed by atoms with E-state index < -0.39 is 12.1 Å². The van der Waals surface area contributed by atoms with Gasteiger partial charge in [-0.05, 0) is 31.6 Å². The van der Waals surface area contributed by atoms with E-state index in [1.807, 2.05) is 0 Å². The molecule has 0 aromatic rings. The number of carboxylic acids is 1. The van der Waals surface area contributed by atoms with Crippen molar-refractivity contribution in [1.82, 2.24) is 0 Å². The molecule has 0 aliphatic heterocycles. The lowest BCUT2D eigenvalue weighted by molar-refractivity contribution is -0.156. The molecule has 0 aromatic heterocycles. The molecule has 2 saturated carbocycles. The molecule has 3 nitrogen and oxygen atoms in total. The Morgan fingerprint density at radius 1 is 1.54 bits per heavy atom. The normalized spacial score (nSPS) is 27.8. The largest absolute Gasteiger partial charge is 0.479 e. The highest BCUT2D eigenvalue weighted by atomic mass is 16.5. The van der Waals surface area contributed by atoms with Crippen LogP contribution in [0.5, 0.6) is 0 Å². The van der Waals surface area contributed by atoms with Gasteiger partial charge >= 0.3 is 5.97 Å². The van der Waals surface area contributed by atoms with Gasteiger partial charge in [-0.3, -0.25) is 0 Å². The minimum Gasteiger partial charge on any atom is -0.479 e. The molecule has 2 rings (SSSR count). The molecule has 2 aliphatic carbocycles. The Morgan fingerprint density at radius 2 is 2.15 bits per heavy atom. The van der Waals surface area contributed by atoms with Crippen molar-refractivity contribution in [3.63, 3.8) is 0 Å². The molecule has 0 bridgehead atoms. The van der Waals surface area contributed by atoms with Gasteiger partial charge in [-0.15, -0.1) is 0 Å². The first kappa shape index (κ1) is 9.00. The molecule has 0 radical (unpaired) electrons. The van der Waals surface area contributed by atoms with Crippen molar-refractivity contribution in [1.29, 1.82) is 0 Å². The first-order chi connectivity index (χ1) is 6.20. The number of hydrogen-bond acceptors (Lipinski definition) is 2. The van der Waals surface area contributed by atoms with Gasteiger partial charge in [-0.25, -0.2) is 4.79 Å². The van der Waals surface area contributed by atoms with Crippen molar-refractivity contribution in [3.8, 4) is 0 Å². The van der Waals surface area contributed by atoms with Crippen LogP contribution in [0.25, 0.3) is 0 Å². The zero-order valence-electron chi connectivity index (χ0n) is 7.95. The maximum absolute atomic E-state index is 10.9. The highest BCUT2D eigenvalue weighted by molar-refractivity contribution is 5.74. The van der Waals surface area contributed by atoms with Crippen LogP contribution in [0.15, 0.2) is 0 Å². The zero-order valence-corrected chi connectivity index (χ0v) is 7.95. The minimum absolute atomic E-state index is 0.0127. The first-order valence-corrected chi connectivity index (χ1v) is 4.96. The number of methoxy groups -OCH3 is 1. The van der Waals surface area contributed by atoms with E-state index in [-0.39, 0.29) is 5.41 Å². The van der Waals surface area contributed by atoms with E-state index in [4.69, 9.17) is 9.84 Å². The summed E-state index contributed by atoms with van der Waals surface area (Å²) in [5, 5.41) is 8.99. The summed E-state index contributed by atoms with van der Waals surface area (Å²) in [6.07, 6.45) is 5.20. The molecule has 1 unspecified atom stereocenters. The molecule has 0 spiro atoms. The van der Waals surface area contributed by atoms with Gasteiger partial charge in [0.1, 0.15) is 0 Å². The second-order valence-electron chi connectivity index (χ2n) is 4.31. The maximum atomic E-state index is 10.9. The summed E-state index contributed by atoms with van der Waals surface area (Å²) in [6.45, 7) is 0. The Hall–Kier alpha value is -0.570. The molecule has 13 heavy (non-hydrogen) atoms. The monoisotopic (exact) mass is 184 g/mol. The molecule has 2 fully saturated rings. The Balaban J connectivity index is 2.07. The smallest absolute Gasteiger partial charge is 0.333 e. The molecule has 1 atom stereocenters. The van der Waals surface area contributed by atoms with Gasteiger partial charge in [0.15, 0.2) is 6.10 Å².